The van der Waals surface area contributed by atoms with Gasteiger partial charge in [0.15, 0.2) is 9.84 Å². The highest BCUT2D eigenvalue weighted by molar-refractivity contribution is 7.92. The summed E-state index contributed by atoms with van der Waals surface area (Å²) in [6.07, 6.45) is -10.4. The van der Waals surface area contributed by atoms with Crippen LogP contribution in [0, 0.1) is 5.92 Å². The molecule has 2 fully saturated rings. The number of hydrogen-bond donors (Lipinski definition) is 2. The summed E-state index contributed by atoms with van der Waals surface area (Å²) >= 11 is 0. The van der Waals surface area contributed by atoms with Gasteiger partial charge in [0.2, 0.25) is 6.41 Å². The third kappa shape index (κ3) is 5.75. The van der Waals surface area contributed by atoms with Gasteiger partial charge in [-0.2, -0.15) is 26.3 Å². The normalized spacial score (nSPS) is 25.1. The summed E-state index contributed by atoms with van der Waals surface area (Å²) in [7, 11) is -2.95. The first-order valence-corrected chi connectivity index (χ1v) is 15.3. The summed E-state index contributed by atoms with van der Waals surface area (Å²) in [5.41, 5.74) is -7.62. The van der Waals surface area contributed by atoms with Gasteiger partial charge < -0.3 is 19.8 Å². The van der Waals surface area contributed by atoms with Crippen molar-refractivity contribution in [2.24, 2.45) is 5.92 Å². The first kappa shape index (κ1) is 34.5. The van der Waals surface area contributed by atoms with E-state index in [2.05, 4.69) is 0 Å². The molecule has 2 aromatic carbocycles. The number of hydrogen-bond acceptors (Lipinski definition) is 6. The minimum absolute atomic E-state index is 0.00287. The summed E-state index contributed by atoms with van der Waals surface area (Å²) in [5, 5.41) is 17.6. The molecule has 3 aliphatic rings. The number of sulfone groups is 1. The van der Waals surface area contributed by atoms with Gasteiger partial charge >= 0.3 is 24.0 Å². The number of ether oxygens (including phenoxy) is 1. The number of likely N-dealkylation sites (tertiary alicyclic amines) is 1. The Morgan fingerprint density at radius 1 is 0.978 bits per heavy atom. The molecule has 1 saturated carbocycles. The first-order chi connectivity index (χ1) is 20.8. The standard InChI is InChI=1S/C22H18F7NO4S.C7H12O3/c1-34-15-3-5-16(6-4-15)35(32,33)19-8-9-30(12-31)18(19)11-13-10-14(2-7-17(13)19)20(23,21(24,25)26)22(27,28)29;8-6-3-1-5(2-4-6)7(9)10/h2-7,10,12,18H,8-9,11H2,1H3;5-6,8H,1-4H2,(H,9,10). The van der Waals surface area contributed by atoms with Crippen LogP contribution < -0.4 is 4.74 Å². The Balaban J connectivity index is 0.000000392. The van der Waals surface area contributed by atoms with Gasteiger partial charge in [0, 0.05) is 12.1 Å². The minimum atomic E-state index is -6.31. The number of halogens is 7. The number of benzene rings is 2. The number of carbonyl (C=O) groups is 2. The van der Waals surface area contributed by atoms with Crippen LogP contribution in [0.3, 0.4) is 0 Å². The van der Waals surface area contributed by atoms with Gasteiger partial charge in [-0.05, 0) is 73.9 Å². The number of aliphatic hydroxyl groups is 1. The lowest BCUT2D eigenvalue weighted by Crippen LogP contribution is -2.50. The molecular weight excluding hydrogens is 639 g/mol. The number of methoxy groups -OCH3 is 1. The molecule has 248 valence electrons. The van der Waals surface area contributed by atoms with Gasteiger partial charge in [0.1, 0.15) is 10.5 Å². The van der Waals surface area contributed by atoms with Crippen LogP contribution in [0.15, 0.2) is 47.4 Å². The highest BCUT2D eigenvalue weighted by Gasteiger charge is 2.74. The third-order valence-electron chi connectivity index (χ3n) is 8.86. The Kier molecular flexibility index (Phi) is 9.25. The van der Waals surface area contributed by atoms with Crippen molar-refractivity contribution in [3.8, 4) is 5.75 Å². The number of carboxylic acid groups (broad SMARTS) is 1. The lowest BCUT2D eigenvalue weighted by atomic mass is 9.88. The van der Waals surface area contributed by atoms with Gasteiger partial charge in [0.05, 0.1) is 30.1 Å². The Labute approximate surface area is 253 Å². The molecule has 0 spiro atoms. The number of carbonyl (C=O) groups excluding carboxylic acids is 1. The predicted molar refractivity (Wildman–Crippen MR) is 144 cm³/mol. The van der Waals surface area contributed by atoms with Gasteiger partial charge in [0.25, 0.3) is 0 Å². The molecule has 2 aliphatic carbocycles. The van der Waals surface area contributed by atoms with Crippen LogP contribution in [-0.2, 0) is 36.3 Å². The highest BCUT2D eigenvalue weighted by Crippen LogP contribution is 2.57. The van der Waals surface area contributed by atoms with Crippen LogP contribution in [0.2, 0.25) is 0 Å². The average molecular weight is 670 g/mol. The molecular formula is C29H30F7NO7S. The summed E-state index contributed by atoms with van der Waals surface area (Å²) in [4.78, 5) is 23.0. The van der Waals surface area contributed by atoms with E-state index in [1.165, 1.54) is 31.4 Å². The Bertz CT molecular complexity index is 1510. The maximum absolute atomic E-state index is 14.7. The monoisotopic (exact) mass is 669 g/mol. The smallest absolute Gasteiger partial charge is 0.435 e. The Hall–Kier alpha value is -3.40. The van der Waals surface area contributed by atoms with Crippen LogP contribution in [0.25, 0.3) is 0 Å². The van der Waals surface area contributed by atoms with Crippen LogP contribution in [0.1, 0.15) is 48.8 Å². The molecule has 2 N–H and O–H groups in total. The van der Waals surface area contributed by atoms with Crippen molar-refractivity contribution in [2.45, 2.75) is 78.3 Å². The quantitative estimate of drug-likeness (QED) is 0.326. The lowest BCUT2D eigenvalue weighted by Gasteiger charge is -2.32. The molecule has 16 heteroatoms. The molecule has 0 radical (unpaired) electrons. The largest absolute Gasteiger partial charge is 0.497 e. The molecule has 1 saturated heterocycles. The predicted octanol–water partition coefficient (Wildman–Crippen LogP) is 5.06. The fourth-order valence-corrected chi connectivity index (χ4v) is 8.78. The first-order valence-electron chi connectivity index (χ1n) is 13.8. The number of fused-ring (bicyclic) bond motifs is 3. The topological polar surface area (TPSA) is 121 Å². The Morgan fingerprint density at radius 3 is 2.04 bits per heavy atom. The van der Waals surface area contributed by atoms with Crippen molar-refractivity contribution in [3.63, 3.8) is 0 Å². The SMILES string of the molecule is COc1ccc(S(=O)(=O)C23CCN(C=O)C2Cc2cc(C(F)(C(F)(F)F)C(F)(F)F)ccc23)cc1.O=C(O)C1CCC(O)CC1. The highest BCUT2D eigenvalue weighted by atomic mass is 32.2. The molecule has 1 heterocycles. The zero-order chi connectivity index (χ0) is 33.6. The van der Waals surface area contributed by atoms with Gasteiger partial charge in [-0.25, -0.2) is 12.8 Å². The van der Waals surface area contributed by atoms with Crippen LogP contribution in [0.4, 0.5) is 30.7 Å². The van der Waals surface area contributed by atoms with E-state index in [1.807, 2.05) is 0 Å². The number of carboxylic acids is 1. The second-order valence-corrected chi connectivity index (χ2v) is 13.5. The maximum Gasteiger partial charge on any atom is 0.435 e. The van der Waals surface area contributed by atoms with Gasteiger partial charge in [-0.3, -0.25) is 9.59 Å². The summed E-state index contributed by atoms with van der Waals surface area (Å²) in [6.45, 7) is 0.00287. The molecule has 45 heavy (non-hydrogen) atoms. The molecule has 2 aromatic rings. The summed E-state index contributed by atoms with van der Waals surface area (Å²) < 4.78 is 125. The summed E-state index contributed by atoms with van der Waals surface area (Å²) in [5.74, 6) is -0.565. The molecule has 2 atom stereocenters. The van der Waals surface area contributed by atoms with E-state index in [4.69, 9.17) is 14.9 Å². The number of aliphatic carboxylic acids is 1. The van der Waals surface area contributed by atoms with Crippen molar-refractivity contribution in [2.75, 3.05) is 13.7 Å². The van der Waals surface area contributed by atoms with Crippen molar-refractivity contribution in [1.82, 2.24) is 4.90 Å². The molecule has 1 aliphatic heterocycles. The van der Waals surface area contributed by atoms with Crippen molar-refractivity contribution >= 4 is 22.2 Å². The van der Waals surface area contributed by atoms with E-state index >= 15 is 0 Å². The van der Waals surface area contributed by atoms with E-state index in [1.54, 1.807) is 0 Å². The van der Waals surface area contributed by atoms with Gasteiger partial charge in [-0.1, -0.05) is 18.2 Å². The number of nitrogens with zero attached hydrogens (tertiary/aromatic N) is 1. The second kappa shape index (κ2) is 12.1. The van der Waals surface area contributed by atoms with E-state index in [-0.39, 0.29) is 47.4 Å². The Morgan fingerprint density at radius 2 is 1.56 bits per heavy atom. The maximum atomic E-state index is 14.7. The second-order valence-electron chi connectivity index (χ2n) is 11.3. The molecule has 8 nitrogen and oxygen atoms in total. The fourth-order valence-electron chi connectivity index (χ4n) is 6.44. The molecule has 0 bridgehead atoms. The lowest BCUT2D eigenvalue weighted by molar-refractivity contribution is -0.348. The number of alkyl halides is 7. The van der Waals surface area contributed by atoms with Crippen molar-refractivity contribution in [1.29, 1.82) is 0 Å². The van der Waals surface area contributed by atoms with E-state index in [9.17, 15) is 48.7 Å². The molecule has 0 aromatic heterocycles. The van der Waals surface area contributed by atoms with Crippen LogP contribution >= 0.6 is 0 Å². The average Bonchev–Trinajstić information content (AvgIpc) is 3.51. The zero-order valence-corrected chi connectivity index (χ0v) is 24.6. The number of amides is 1. The molecule has 1 amide bonds. The minimum Gasteiger partial charge on any atom is -0.497 e. The van der Waals surface area contributed by atoms with Crippen LogP contribution in [0.5, 0.6) is 5.75 Å². The molecule has 5 rings (SSSR count). The molecule has 2 unspecified atom stereocenters. The third-order valence-corrected chi connectivity index (χ3v) is 11.4. The zero-order valence-electron chi connectivity index (χ0n) is 23.7. The van der Waals surface area contributed by atoms with Crippen LogP contribution in [-0.4, -0.2) is 74.1 Å². The van der Waals surface area contributed by atoms with Gasteiger partial charge in [-0.15, -0.1) is 0 Å². The number of rotatable bonds is 6. The van der Waals surface area contributed by atoms with E-state index in [0.717, 1.165) is 11.0 Å². The van der Waals surface area contributed by atoms with Crippen molar-refractivity contribution < 1.29 is 63.7 Å². The fraction of sp³-hybridized carbons (Fsp3) is 0.517. The van der Waals surface area contributed by atoms with Crippen molar-refractivity contribution in [3.05, 3.63) is 59.2 Å². The summed E-state index contributed by atoms with van der Waals surface area (Å²) in [6, 6.07) is 5.71. The van der Waals surface area contributed by atoms with E-state index < -0.39 is 50.2 Å². The van der Waals surface area contributed by atoms with E-state index in [0.29, 0.717) is 50.0 Å². The number of aliphatic hydroxyl groups excluding tert-OH is 1.